The fraction of sp³-hybridized carbons (Fsp3) is 0.391. The molecule has 1 aromatic carbocycles. The van der Waals surface area contributed by atoms with Crippen molar-refractivity contribution >= 4 is 23.4 Å². The zero-order chi connectivity index (χ0) is 23.1. The van der Waals surface area contributed by atoms with Crippen LogP contribution in [0.3, 0.4) is 0 Å². The highest BCUT2D eigenvalue weighted by atomic mass is 19.3. The van der Waals surface area contributed by atoms with E-state index in [9.17, 15) is 13.6 Å². The van der Waals surface area contributed by atoms with Gasteiger partial charge in [0, 0.05) is 37.5 Å². The third-order valence-electron chi connectivity index (χ3n) is 6.23. The fourth-order valence-corrected chi connectivity index (χ4v) is 4.35. The molecule has 0 radical (unpaired) electrons. The molecule has 0 fully saturated rings. The molecule has 5 rings (SSSR count). The first kappa shape index (κ1) is 21.3. The van der Waals surface area contributed by atoms with Crippen molar-refractivity contribution in [1.82, 2.24) is 19.7 Å². The summed E-state index contributed by atoms with van der Waals surface area (Å²) in [7, 11) is 1.88. The zero-order valence-electron chi connectivity index (χ0n) is 18.5. The van der Waals surface area contributed by atoms with Gasteiger partial charge in [0.25, 0.3) is 6.43 Å². The number of carbonyl (C=O) groups excluding carboxylic acids is 1. The van der Waals surface area contributed by atoms with Gasteiger partial charge in [0.05, 0.1) is 18.4 Å². The summed E-state index contributed by atoms with van der Waals surface area (Å²) in [6.07, 6.45) is 2.81. The van der Waals surface area contributed by atoms with Gasteiger partial charge in [0.1, 0.15) is 11.7 Å². The van der Waals surface area contributed by atoms with Gasteiger partial charge in [-0.15, -0.1) is 0 Å². The van der Waals surface area contributed by atoms with Crippen LogP contribution in [-0.4, -0.2) is 45.3 Å². The Kier molecular flexibility index (Phi) is 5.43. The molecule has 172 valence electrons. The SMILES string of the molecule is CC1C(=O)N2CCCc3nc(NCc4cnn(Cc5cccc(C(F)F)c5)c4)nc(c32)N1C. The number of carbonyl (C=O) groups is 1. The number of anilines is 3. The number of aromatic nitrogens is 4. The highest BCUT2D eigenvalue weighted by Gasteiger charge is 2.38. The number of likely N-dealkylation sites (N-methyl/N-ethyl adjacent to an activating group) is 1. The lowest BCUT2D eigenvalue weighted by molar-refractivity contribution is -0.119. The van der Waals surface area contributed by atoms with Crippen molar-refractivity contribution in [2.75, 3.05) is 28.7 Å². The highest BCUT2D eigenvalue weighted by Crippen LogP contribution is 2.39. The molecule has 10 heteroatoms. The van der Waals surface area contributed by atoms with Gasteiger partial charge in [-0.3, -0.25) is 9.48 Å². The molecule has 4 heterocycles. The molecule has 2 aliphatic heterocycles. The van der Waals surface area contributed by atoms with E-state index in [1.54, 1.807) is 16.9 Å². The number of hydrogen-bond acceptors (Lipinski definition) is 6. The molecule has 1 atom stereocenters. The first-order valence-electron chi connectivity index (χ1n) is 11.0. The Hall–Kier alpha value is -3.56. The summed E-state index contributed by atoms with van der Waals surface area (Å²) < 4.78 is 27.6. The van der Waals surface area contributed by atoms with Crippen LogP contribution in [0.25, 0.3) is 0 Å². The van der Waals surface area contributed by atoms with E-state index in [2.05, 4.69) is 15.4 Å². The molecule has 33 heavy (non-hydrogen) atoms. The molecule has 0 saturated carbocycles. The predicted molar refractivity (Wildman–Crippen MR) is 121 cm³/mol. The minimum absolute atomic E-state index is 0.00891. The lowest BCUT2D eigenvalue weighted by Crippen LogP contribution is -2.53. The molecule has 0 bridgehead atoms. The second kappa shape index (κ2) is 8.42. The lowest BCUT2D eigenvalue weighted by atomic mass is 10.0. The van der Waals surface area contributed by atoms with E-state index >= 15 is 0 Å². The van der Waals surface area contributed by atoms with Gasteiger partial charge >= 0.3 is 0 Å². The predicted octanol–water partition coefficient (Wildman–Crippen LogP) is 3.39. The Morgan fingerprint density at radius 1 is 1.24 bits per heavy atom. The maximum atomic E-state index is 12.9. The zero-order valence-corrected chi connectivity index (χ0v) is 18.5. The van der Waals surface area contributed by atoms with Crippen molar-refractivity contribution in [3.05, 3.63) is 59.0 Å². The van der Waals surface area contributed by atoms with Crippen LogP contribution in [0.15, 0.2) is 36.7 Å². The van der Waals surface area contributed by atoms with Crippen molar-refractivity contribution in [1.29, 1.82) is 0 Å². The van der Waals surface area contributed by atoms with Crippen molar-refractivity contribution in [3.8, 4) is 0 Å². The fourth-order valence-electron chi connectivity index (χ4n) is 4.35. The Bertz CT molecular complexity index is 1200. The maximum absolute atomic E-state index is 12.9. The molecule has 1 amide bonds. The number of nitrogens with zero attached hydrogens (tertiary/aromatic N) is 6. The van der Waals surface area contributed by atoms with Crippen LogP contribution >= 0.6 is 0 Å². The number of alkyl halides is 2. The van der Waals surface area contributed by atoms with Crippen LogP contribution in [0, 0.1) is 0 Å². The van der Waals surface area contributed by atoms with E-state index in [-0.39, 0.29) is 17.5 Å². The van der Waals surface area contributed by atoms with Crippen molar-refractivity contribution in [2.45, 2.75) is 45.3 Å². The Labute approximate surface area is 190 Å². The van der Waals surface area contributed by atoms with Gasteiger partial charge < -0.3 is 15.1 Å². The van der Waals surface area contributed by atoms with Crippen LogP contribution in [0.4, 0.5) is 26.2 Å². The molecule has 8 nitrogen and oxygen atoms in total. The van der Waals surface area contributed by atoms with Crippen molar-refractivity contribution < 1.29 is 13.6 Å². The minimum atomic E-state index is -2.49. The summed E-state index contributed by atoms with van der Waals surface area (Å²) in [6, 6.07) is 6.10. The maximum Gasteiger partial charge on any atom is 0.263 e. The molecule has 3 aromatic rings. The van der Waals surface area contributed by atoms with Gasteiger partial charge in [0.15, 0.2) is 5.82 Å². The molecule has 0 spiro atoms. The molecular weight excluding hydrogens is 428 g/mol. The van der Waals surface area contributed by atoms with Crippen LogP contribution < -0.4 is 15.1 Å². The van der Waals surface area contributed by atoms with Crippen LogP contribution in [-0.2, 0) is 24.3 Å². The first-order valence-corrected chi connectivity index (χ1v) is 11.0. The number of hydrogen-bond donors (Lipinski definition) is 1. The van der Waals surface area contributed by atoms with E-state index in [4.69, 9.17) is 4.98 Å². The van der Waals surface area contributed by atoms with Gasteiger partial charge in [-0.05, 0) is 31.4 Å². The molecule has 2 aromatic heterocycles. The summed E-state index contributed by atoms with van der Waals surface area (Å²) >= 11 is 0. The van der Waals surface area contributed by atoms with Crippen molar-refractivity contribution in [2.24, 2.45) is 0 Å². The standard InChI is InChI=1S/C23H25F2N7O/c1-14-22(33)32-8-4-7-18-19(32)21(30(14)2)29-23(28-18)26-10-16-11-27-31(13-16)12-15-5-3-6-17(9-15)20(24)25/h3,5-6,9,11,13-14,20H,4,7-8,10,12H2,1-2H3,(H,26,28,29). The number of benzene rings is 1. The summed E-state index contributed by atoms with van der Waals surface area (Å²) in [5.41, 5.74) is 3.42. The minimum Gasteiger partial charge on any atom is -0.350 e. The third kappa shape index (κ3) is 4.01. The molecule has 2 aliphatic rings. The van der Waals surface area contributed by atoms with Crippen LogP contribution in [0.5, 0.6) is 0 Å². The van der Waals surface area contributed by atoms with E-state index < -0.39 is 6.43 Å². The van der Waals surface area contributed by atoms with Gasteiger partial charge in [-0.2, -0.15) is 10.1 Å². The summed E-state index contributed by atoms with van der Waals surface area (Å²) in [5, 5.41) is 7.62. The Morgan fingerprint density at radius 2 is 2.09 bits per heavy atom. The number of amides is 1. The topological polar surface area (TPSA) is 79.2 Å². The number of aryl methyl sites for hydroxylation is 1. The lowest BCUT2D eigenvalue weighted by Gasteiger charge is -2.41. The van der Waals surface area contributed by atoms with E-state index in [1.165, 1.54) is 12.1 Å². The summed E-state index contributed by atoms with van der Waals surface area (Å²) in [5.74, 6) is 1.36. The molecule has 0 aliphatic carbocycles. The normalized spacial score (nSPS) is 17.5. The molecular formula is C23H25F2N7O. The van der Waals surface area contributed by atoms with Crippen LogP contribution in [0.2, 0.25) is 0 Å². The second-order valence-corrected chi connectivity index (χ2v) is 8.49. The summed E-state index contributed by atoms with van der Waals surface area (Å²) in [4.78, 5) is 25.8. The monoisotopic (exact) mass is 453 g/mol. The van der Waals surface area contributed by atoms with Crippen LogP contribution in [0.1, 0.15) is 42.2 Å². The largest absolute Gasteiger partial charge is 0.350 e. The van der Waals surface area contributed by atoms with E-state index in [0.29, 0.717) is 25.6 Å². The second-order valence-electron chi connectivity index (χ2n) is 8.49. The third-order valence-corrected chi connectivity index (χ3v) is 6.23. The smallest absolute Gasteiger partial charge is 0.263 e. The first-order chi connectivity index (χ1) is 15.9. The highest BCUT2D eigenvalue weighted by molar-refractivity contribution is 6.05. The van der Waals surface area contributed by atoms with Gasteiger partial charge in [-0.25, -0.2) is 13.8 Å². The summed E-state index contributed by atoms with van der Waals surface area (Å²) in [6.45, 7) is 3.47. The average Bonchev–Trinajstić information content (AvgIpc) is 3.26. The number of nitrogens with one attached hydrogen (secondary N) is 1. The van der Waals surface area contributed by atoms with Gasteiger partial charge in [0.2, 0.25) is 11.9 Å². The Balaban J connectivity index is 1.31. The number of rotatable bonds is 6. The molecule has 1 unspecified atom stereocenters. The molecule has 0 saturated heterocycles. The Morgan fingerprint density at radius 3 is 2.91 bits per heavy atom. The van der Waals surface area contributed by atoms with E-state index in [0.717, 1.165) is 41.2 Å². The van der Waals surface area contributed by atoms with Gasteiger partial charge in [-0.1, -0.05) is 18.2 Å². The van der Waals surface area contributed by atoms with E-state index in [1.807, 2.05) is 36.0 Å². The van der Waals surface area contributed by atoms with Crippen molar-refractivity contribution in [3.63, 3.8) is 0 Å². The average molecular weight is 453 g/mol. The quantitative estimate of drug-likeness (QED) is 0.617. The molecule has 1 N–H and O–H groups in total. The number of halogens is 2.